The van der Waals surface area contributed by atoms with Crippen molar-refractivity contribution in [1.82, 2.24) is 0 Å². The molecule has 0 aliphatic heterocycles. The van der Waals surface area contributed by atoms with Gasteiger partial charge in [0.15, 0.2) is 0 Å². The Balaban J connectivity index is -0.0000000533. The first-order valence-corrected chi connectivity index (χ1v) is 4.79. The first-order valence-electron chi connectivity index (χ1n) is 4.79. The third-order valence-electron chi connectivity index (χ3n) is 0.813. The second-order valence-electron chi connectivity index (χ2n) is 2.54. The van der Waals surface area contributed by atoms with Crippen molar-refractivity contribution >= 4 is 23.9 Å². The van der Waals surface area contributed by atoms with Crippen LogP contribution in [-0.4, -0.2) is 23.9 Å². The normalized spacial score (nSPS) is 6.48. The van der Waals surface area contributed by atoms with Crippen molar-refractivity contribution in [3.05, 3.63) is 28.4 Å². The van der Waals surface area contributed by atoms with E-state index in [9.17, 15) is 19.2 Å². The number of esters is 4. The number of hydrogen-bond donors (Lipinski definition) is 0. The van der Waals surface area contributed by atoms with Gasteiger partial charge in [-0.2, -0.15) is 28.4 Å². The van der Waals surface area contributed by atoms with Crippen molar-refractivity contribution in [3.63, 3.8) is 0 Å². The predicted octanol–water partition coefficient (Wildman–Crippen LogP) is 1.36. The molecule has 8 nitrogen and oxygen atoms in total. The van der Waals surface area contributed by atoms with E-state index in [0.29, 0.717) is 0 Å². The topological polar surface area (TPSA) is 105 Å². The molecule has 0 amide bonds. The maximum absolute atomic E-state index is 9.53. The molecular weight excluding hydrogens is 336 g/mol. The molecule has 0 aliphatic rings. The van der Waals surface area contributed by atoms with Gasteiger partial charge in [-0.25, -0.2) is 0 Å². The minimum atomic E-state index is -0.356. The average molecular weight is 356 g/mol. The predicted molar refractivity (Wildman–Crippen MR) is 68.5 cm³/mol. The van der Waals surface area contributed by atoms with E-state index < -0.39 is 0 Å². The van der Waals surface area contributed by atoms with Gasteiger partial charge < -0.3 is 18.9 Å². The van der Waals surface area contributed by atoms with Gasteiger partial charge >= 0.3 is 0 Å². The summed E-state index contributed by atoms with van der Waals surface area (Å²) in [5.41, 5.74) is 0. The number of carbonyl (C=O) groups is 4. The second kappa shape index (κ2) is 26.9. The summed E-state index contributed by atoms with van der Waals surface area (Å²) < 4.78 is 15.4. The SMILES string of the molecule is [CH2-]OC(C)=O.[CH2-]OC(C)=O.[CH2-]OC(C)=O.[CH2-]OC(C)=O.[Cu]. The molecular formula is C12H20CuO8-4. The van der Waals surface area contributed by atoms with Crippen LogP contribution in [0.2, 0.25) is 0 Å². The van der Waals surface area contributed by atoms with E-state index in [-0.39, 0.29) is 40.9 Å². The van der Waals surface area contributed by atoms with Crippen LogP contribution in [0.4, 0.5) is 0 Å². The molecule has 1 radical (unpaired) electrons. The molecule has 131 valence electrons. The maximum Gasteiger partial charge on any atom is 0.270 e. The second-order valence-corrected chi connectivity index (χ2v) is 2.54. The van der Waals surface area contributed by atoms with E-state index in [4.69, 9.17) is 0 Å². The number of ether oxygens (including phenoxy) is 4. The van der Waals surface area contributed by atoms with Crippen LogP contribution in [0.25, 0.3) is 0 Å². The summed E-state index contributed by atoms with van der Waals surface area (Å²) in [6, 6.07) is 0. The number of rotatable bonds is 0. The summed E-state index contributed by atoms with van der Waals surface area (Å²) in [4.78, 5) is 38.1. The molecule has 0 N–H and O–H groups in total. The molecule has 0 bridgehead atoms. The third kappa shape index (κ3) is 121. The summed E-state index contributed by atoms with van der Waals surface area (Å²) in [6.45, 7) is 5.19. The summed E-state index contributed by atoms with van der Waals surface area (Å²) in [5.74, 6) is -1.43. The fourth-order valence-electron chi connectivity index (χ4n) is 0. The Kier molecular flexibility index (Phi) is 40.5. The zero-order valence-electron chi connectivity index (χ0n) is 12.4. The van der Waals surface area contributed by atoms with Crippen molar-refractivity contribution < 1.29 is 55.2 Å². The Morgan fingerprint density at radius 2 is 0.571 bits per heavy atom. The van der Waals surface area contributed by atoms with Crippen LogP contribution >= 0.6 is 0 Å². The zero-order chi connectivity index (χ0) is 17.1. The zero-order valence-corrected chi connectivity index (χ0v) is 13.3. The Morgan fingerprint density at radius 1 is 0.524 bits per heavy atom. The largest absolute Gasteiger partial charge is 0.640 e. The molecule has 0 fully saturated rings. The number of carbonyl (C=O) groups excluding carboxylic acids is 4. The minimum Gasteiger partial charge on any atom is -0.640 e. The molecule has 0 aromatic heterocycles. The van der Waals surface area contributed by atoms with Crippen molar-refractivity contribution in [3.8, 4) is 0 Å². The van der Waals surface area contributed by atoms with Crippen molar-refractivity contribution in [2.75, 3.05) is 0 Å². The maximum atomic E-state index is 9.53. The van der Waals surface area contributed by atoms with Gasteiger partial charge in [0.05, 0.1) is 0 Å². The van der Waals surface area contributed by atoms with Gasteiger partial charge in [0.2, 0.25) is 0 Å². The van der Waals surface area contributed by atoms with Crippen molar-refractivity contribution in [1.29, 1.82) is 0 Å². The van der Waals surface area contributed by atoms with Gasteiger partial charge in [0, 0.05) is 44.8 Å². The molecule has 0 unspecified atom stereocenters. The van der Waals surface area contributed by atoms with Crippen LogP contribution in [0, 0.1) is 28.4 Å². The Bertz CT molecular complexity index is 222. The molecule has 21 heavy (non-hydrogen) atoms. The Morgan fingerprint density at radius 3 is 0.571 bits per heavy atom. The van der Waals surface area contributed by atoms with E-state index in [1.54, 1.807) is 0 Å². The molecule has 0 aromatic rings. The molecule has 0 saturated carbocycles. The molecule has 0 aliphatic carbocycles. The molecule has 0 atom stereocenters. The van der Waals surface area contributed by atoms with Gasteiger partial charge in [0.25, 0.3) is 23.9 Å². The van der Waals surface area contributed by atoms with Gasteiger partial charge in [0.1, 0.15) is 0 Å². The molecule has 9 heteroatoms. The Labute approximate surface area is 135 Å². The van der Waals surface area contributed by atoms with Crippen LogP contribution in [0.5, 0.6) is 0 Å². The van der Waals surface area contributed by atoms with Crippen LogP contribution < -0.4 is 0 Å². The monoisotopic (exact) mass is 355 g/mol. The molecule has 0 heterocycles. The van der Waals surface area contributed by atoms with Crippen LogP contribution in [0.15, 0.2) is 0 Å². The fraction of sp³-hybridized carbons (Fsp3) is 0.333. The standard InChI is InChI=1S/4C3H5O2.Cu/c4*1-3(4)5-2;/h4*2H2,1H3;/q4*-1;. The fourth-order valence-corrected chi connectivity index (χ4v) is 0. The van der Waals surface area contributed by atoms with E-state index in [1.165, 1.54) is 27.7 Å². The third-order valence-corrected chi connectivity index (χ3v) is 0.813. The van der Waals surface area contributed by atoms with E-state index in [2.05, 4.69) is 47.4 Å². The van der Waals surface area contributed by atoms with E-state index >= 15 is 0 Å². The summed E-state index contributed by atoms with van der Waals surface area (Å²) in [7, 11) is 11.3. The first kappa shape index (κ1) is 31.7. The van der Waals surface area contributed by atoms with Gasteiger partial charge in [-0.15, -0.1) is 0 Å². The minimum absolute atomic E-state index is 0. The van der Waals surface area contributed by atoms with Crippen LogP contribution in [-0.2, 0) is 55.2 Å². The summed E-state index contributed by atoms with van der Waals surface area (Å²) in [5, 5.41) is 0. The molecule has 0 saturated heterocycles. The van der Waals surface area contributed by atoms with Crippen molar-refractivity contribution in [2.45, 2.75) is 27.7 Å². The quantitative estimate of drug-likeness (QED) is 0.277. The summed E-state index contributed by atoms with van der Waals surface area (Å²) in [6.07, 6.45) is 0. The van der Waals surface area contributed by atoms with Crippen LogP contribution in [0.1, 0.15) is 27.7 Å². The van der Waals surface area contributed by atoms with Crippen LogP contribution in [0.3, 0.4) is 0 Å². The summed E-state index contributed by atoms with van der Waals surface area (Å²) >= 11 is 0. The molecule has 0 aromatic carbocycles. The van der Waals surface area contributed by atoms with Gasteiger partial charge in [-0.3, -0.25) is 19.2 Å². The average Bonchev–Trinajstić information content (AvgIpc) is 2.40. The Hall–Kier alpha value is -1.60. The molecule has 0 spiro atoms. The van der Waals surface area contributed by atoms with Gasteiger partial charge in [-0.1, -0.05) is 0 Å². The van der Waals surface area contributed by atoms with E-state index in [1.807, 2.05) is 0 Å². The van der Waals surface area contributed by atoms with Crippen molar-refractivity contribution in [2.24, 2.45) is 0 Å². The van der Waals surface area contributed by atoms with Gasteiger partial charge in [-0.05, 0) is 0 Å². The first-order chi connectivity index (χ1) is 9.08. The van der Waals surface area contributed by atoms with E-state index in [0.717, 1.165) is 0 Å². The molecule has 0 rings (SSSR count). The number of hydrogen-bond acceptors (Lipinski definition) is 8. The smallest absolute Gasteiger partial charge is 0.270 e.